The molecule has 1 atom stereocenters. The monoisotopic (exact) mass is 303 g/mol. The van der Waals surface area contributed by atoms with Gasteiger partial charge in [-0.05, 0) is 34.1 Å². The lowest BCUT2D eigenvalue weighted by atomic mass is 10.2. The third kappa shape index (κ3) is 10.6. The number of nitrogens with one attached hydrogen (secondary N) is 1. The molecule has 0 bridgehead atoms. The molecule has 0 heterocycles. The van der Waals surface area contributed by atoms with E-state index < -0.39 is 29.7 Å². The molecule has 0 fully saturated rings. The maximum absolute atomic E-state index is 11.5. The average molecular weight is 303 g/mol. The van der Waals surface area contributed by atoms with Gasteiger partial charge in [-0.2, -0.15) is 0 Å². The molecular formula is C14H25NO6. The second-order valence-corrected chi connectivity index (χ2v) is 5.51. The fourth-order valence-corrected chi connectivity index (χ4v) is 1.18. The van der Waals surface area contributed by atoms with Crippen molar-refractivity contribution in [2.45, 2.75) is 59.2 Å². The lowest BCUT2D eigenvalue weighted by molar-refractivity contribution is -0.166. The summed E-state index contributed by atoms with van der Waals surface area (Å²) in [5, 5.41) is 2.25. The highest BCUT2D eigenvalue weighted by molar-refractivity contribution is 5.82. The van der Waals surface area contributed by atoms with Gasteiger partial charge >= 0.3 is 18.0 Å². The highest BCUT2D eigenvalue weighted by Gasteiger charge is 2.21. The Hall–Kier alpha value is -1.79. The number of carbonyl (C=O) groups is 3. The Balaban J connectivity index is 3.97. The van der Waals surface area contributed by atoms with Crippen LogP contribution in [0.1, 0.15) is 47.5 Å². The number of hydrogen-bond acceptors (Lipinski definition) is 6. The van der Waals surface area contributed by atoms with E-state index in [2.05, 4.69) is 5.32 Å². The topological polar surface area (TPSA) is 90.9 Å². The van der Waals surface area contributed by atoms with Crippen molar-refractivity contribution in [3.8, 4) is 0 Å². The van der Waals surface area contributed by atoms with Gasteiger partial charge in [0.1, 0.15) is 12.1 Å². The van der Waals surface area contributed by atoms with Gasteiger partial charge in [0.25, 0.3) is 0 Å². The van der Waals surface area contributed by atoms with Gasteiger partial charge in [0.05, 0.1) is 6.61 Å². The van der Waals surface area contributed by atoms with Crippen LogP contribution < -0.4 is 5.32 Å². The van der Waals surface area contributed by atoms with Crippen molar-refractivity contribution in [3.63, 3.8) is 0 Å². The summed E-state index contributed by atoms with van der Waals surface area (Å²) in [5.41, 5.74) is -0.648. The molecule has 7 nitrogen and oxygen atoms in total. The molecule has 0 aliphatic heterocycles. The van der Waals surface area contributed by atoms with Crippen LogP contribution in [-0.4, -0.2) is 42.9 Å². The zero-order valence-corrected chi connectivity index (χ0v) is 13.4. The number of rotatable bonds is 7. The lowest BCUT2D eigenvalue weighted by Crippen LogP contribution is -2.37. The molecule has 122 valence electrons. The average Bonchev–Trinajstić information content (AvgIpc) is 2.34. The zero-order valence-electron chi connectivity index (χ0n) is 13.4. The van der Waals surface area contributed by atoms with Gasteiger partial charge in [-0.3, -0.25) is 4.79 Å². The summed E-state index contributed by atoms with van der Waals surface area (Å²) >= 11 is 0. The molecule has 0 saturated heterocycles. The van der Waals surface area contributed by atoms with Gasteiger partial charge in [-0.1, -0.05) is 13.3 Å². The summed E-state index contributed by atoms with van der Waals surface area (Å²) < 4.78 is 14.7. The molecule has 0 aliphatic carbocycles. The third-order valence-electron chi connectivity index (χ3n) is 2.16. The zero-order chi connectivity index (χ0) is 16.5. The number of amides is 1. The molecule has 0 saturated carbocycles. The van der Waals surface area contributed by atoms with Crippen molar-refractivity contribution in [2.75, 3.05) is 13.2 Å². The first-order valence-corrected chi connectivity index (χ1v) is 6.98. The molecular weight excluding hydrogens is 278 g/mol. The van der Waals surface area contributed by atoms with E-state index >= 15 is 0 Å². The van der Waals surface area contributed by atoms with E-state index in [-0.39, 0.29) is 6.54 Å². The maximum atomic E-state index is 11.5. The molecule has 0 aromatic rings. The Bertz CT molecular complexity index is 361. The number of esters is 2. The van der Waals surface area contributed by atoms with Crippen LogP contribution in [0.2, 0.25) is 0 Å². The smallest absolute Gasteiger partial charge is 0.408 e. The molecule has 0 rings (SSSR count). The standard InChI is InChI=1S/C14H25NO6/c1-6-7-8-19-12(17)10(2)20-11(16)9-15-13(18)21-14(3,4)5/h10H,6-9H2,1-5H3,(H,15,18)/t10-/m0/s1. The number of carbonyl (C=O) groups excluding carboxylic acids is 3. The summed E-state index contributed by atoms with van der Waals surface area (Å²) in [4.78, 5) is 34.2. The molecule has 0 aromatic heterocycles. The van der Waals surface area contributed by atoms with Crippen molar-refractivity contribution < 1.29 is 28.6 Å². The lowest BCUT2D eigenvalue weighted by Gasteiger charge is -2.19. The summed E-state index contributed by atoms with van der Waals surface area (Å²) in [7, 11) is 0. The van der Waals surface area contributed by atoms with E-state index in [0.717, 1.165) is 12.8 Å². The molecule has 21 heavy (non-hydrogen) atoms. The van der Waals surface area contributed by atoms with Gasteiger partial charge in [-0.25, -0.2) is 9.59 Å². The molecule has 0 spiro atoms. The third-order valence-corrected chi connectivity index (χ3v) is 2.16. The molecule has 1 amide bonds. The second-order valence-electron chi connectivity index (χ2n) is 5.51. The van der Waals surface area contributed by atoms with E-state index in [0.29, 0.717) is 6.61 Å². The number of unbranched alkanes of at least 4 members (excludes halogenated alkanes) is 1. The van der Waals surface area contributed by atoms with Crippen LogP contribution in [0.5, 0.6) is 0 Å². The predicted octanol–water partition coefficient (Wildman–Crippen LogP) is 1.79. The maximum Gasteiger partial charge on any atom is 0.408 e. The van der Waals surface area contributed by atoms with Gasteiger partial charge in [0.2, 0.25) is 0 Å². The molecule has 0 radical (unpaired) electrons. The SMILES string of the molecule is CCCCOC(=O)[C@H](C)OC(=O)CNC(=O)OC(C)(C)C. The van der Waals surface area contributed by atoms with Gasteiger partial charge in [0, 0.05) is 0 Å². The molecule has 0 aromatic carbocycles. The van der Waals surface area contributed by atoms with E-state index in [4.69, 9.17) is 14.2 Å². The van der Waals surface area contributed by atoms with Crippen molar-refractivity contribution >= 4 is 18.0 Å². The molecule has 0 unspecified atom stereocenters. The first-order chi connectivity index (χ1) is 9.65. The summed E-state index contributed by atoms with van der Waals surface area (Å²) in [6, 6.07) is 0. The van der Waals surface area contributed by atoms with Crippen LogP contribution >= 0.6 is 0 Å². The first kappa shape index (κ1) is 19.2. The normalized spacial score (nSPS) is 12.2. The minimum atomic E-state index is -1.00. The minimum absolute atomic E-state index is 0.299. The Labute approximate surface area is 125 Å². The summed E-state index contributed by atoms with van der Waals surface area (Å²) in [6.45, 7) is 8.44. The van der Waals surface area contributed by atoms with Crippen LogP contribution in [0.3, 0.4) is 0 Å². The fourth-order valence-electron chi connectivity index (χ4n) is 1.18. The Morgan fingerprint density at radius 2 is 1.81 bits per heavy atom. The predicted molar refractivity (Wildman–Crippen MR) is 75.7 cm³/mol. The fraction of sp³-hybridized carbons (Fsp3) is 0.786. The summed E-state index contributed by atoms with van der Waals surface area (Å²) in [5.74, 6) is -1.34. The van der Waals surface area contributed by atoms with E-state index in [9.17, 15) is 14.4 Å². The number of ether oxygens (including phenoxy) is 3. The van der Waals surface area contributed by atoms with Crippen molar-refractivity contribution in [1.82, 2.24) is 5.32 Å². The molecule has 0 aliphatic rings. The second kappa shape index (κ2) is 9.20. The molecule has 7 heteroatoms. The van der Waals surface area contributed by atoms with E-state index in [1.165, 1.54) is 6.92 Å². The first-order valence-electron chi connectivity index (χ1n) is 6.98. The van der Waals surface area contributed by atoms with Crippen LogP contribution in [-0.2, 0) is 23.8 Å². The minimum Gasteiger partial charge on any atom is -0.463 e. The van der Waals surface area contributed by atoms with Gasteiger partial charge in [0.15, 0.2) is 6.10 Å². The van der Waals surface area contributed by atoms with Crippen molar-refractivity contribution in [2.24, 2.45) is 0 Å². The van der Waals surface area contributed by atoms with Crippen LogP contribution in [0.25, 0.3) is 0 Å². The van der Waals surface area contributed by atoms with Crippen LogP contribution in [0.4, 0.5) is 4.79 Å². The van der Waals surface area contributed by atoms with Crippen molar-refractivity contribution in [1.29, 1.82) is 0 Å². The summed E-state index contributed by atoms with van der Waals surface area (Å²) in [6.07, 6.45) is -0.0687. The Morgan fingerprint density at radius 3 is 2.33 bits per heavy atom. The van der Waals surface area contributed by atoms with E-state index in [1.807, 2.05) is 6.92 Å². The number of alkyl carbamates (subject to hydrolysis) is 1. The quantitative estimate of drug-likeness (QED) is 0.438. The Kier molecular flexibility index (Phi) is 8.42. The highest BCUT2D eigenvalue weighted by atomic mass is 16.6. The largest absolute Gasteiger partial charge is 0.463 e. The number of hydrogen-bond donors (Lipinski definition) is 1. The van der Waals surface area contributed by atoms with E-state index in [1.54, 1.807) is 20.8 Å². The van der Waals surface area contributed by atoms with Gasteiger partial charge in [-0.15, -0.1) is 0 Å². The Morgan fingerprint density at radius 1 is 1.19 bits per heavy atom. The van der Waals surface area contributed by atoms with Crippen molar-refractivity contribution in [3.05, 3.63) is 0 Å². The highest BCUT2D eigenvalue weighted by Crippen LogP contribution is 2.06. The molecule has 1 N–H and O–H groups in total. The van der Waals surface area contributed by atoms with Crippen LogP contribution in [0, 0.1) is 0 Å². The van der Waals surface area contributed by atoms with Gasteiger partial charge < -0.3 is 19.5 Å². The van der Waals surface area contributed by atoms with Crippen LogP contribution in [0.15, 0.2) is 0 Å².